The van der Waals surface area contributed by atoms with Crippen LogP contribution in [0.3, 0.4) is 0 Å². The lowest BCUT2D eigenvalue weighted by Gasteiger charge is -2.29. The number of benzene rings is 1. The van der Waals surface area contributed by atoms with Crippen LogP contribution in [-0.2, 0) is 16.1 Å². The first-order valence-electron chi connectivity index (χ1n) is 7.33. The topological polar surface area (TPSA) is 41.6 Å². The van der Waals surface area contributed by atoms with Crippen molar-refractivity contribution in [3.8, 4) is 0 Å². The summed E-state index contributed by atoms with van der Waals surface area (Å²) in [5.41, 5.74) is 1.14. The summed E-state index contributed by atoms with van der Waals surface area (Å²) in [6.45, 7) is 3.18. The molecule has 1 aliphatic heterocycles. The molecule has 0 spiro atoms. The van der Waals surface area contributed by atoms with Crippen molar-refractivity contribution >= 4 is 5.91 Å². The van der Waals surface area contributed by atoms with Crippen LogP contribution in [0.1, 0.15) is 24.8 Å². The molecule has 0 unspecified atom stereocenters. The van der Waals surface area contributed by atoms with E-state index in [2.05, 4.69) is 17.3 Å². The van der Waals surface area contributed by atoms with Gasteiger partial charge in [-0.3, -0.25) is 4.79 Å². The first-order valence-corrected chi connectivity index (χ1v) is 7.33. The molecule has 1 amide bonds. The molecule has 2 rings (SSSR count). The van der Waals surface area contributed by atoms with E-state index in [1.54, 1.807) is 0 Å². The molecule has 1 aromatic rings. The molecule has 0 aromatic heterocycles. The molecule has 0 bridgehead atoms. The first kappa shape index (κ1) is 15.0. The number of carbonyl (C=O) groups is 1. The molecule has 1 N–H and O–H groups in total. The lowest BCUT2D eigenvalue weighted by molar-refractivity contribution is -0.123. The molecule has 0 atom stereocenters. The summed E-state index contributed by atoms with van der Waals surface area (Å²) in [5, 5.41) is 3.09. The summed E-state index contributed by atoms with van der Waals surface area (Å²) in [6, 6.07) is 10.4. The largest absolute Gasteiger partial charge is 0.376 e. The fraction of sp³-hybridized carbons (Fsp3) is 0.562. The molecule has 1 saturated heterocycles. The highest BCUT2D eigenvalue weighted by Gasteiger charge is 2.17. The van der Waals surface area contributed by atoms with Gasteiger partial charge in [0.05, 0.1) is 13.2 Å². The lowest BCUT2D eigenvalue weighted by Crippen LogP contribution is -2.43. The molecule has 1 aromatic carbocycles. The Balaban J connectivity index is 1.56. The van der Waals surface area contributed by atoms with E-state index < -0.39 is 0 Å². The Labute approximate surface area is 121 Å². The first-order chi connectivity index (χ1) is 9.74. The third-order valence-electron chi connectivity index (χ3n) is 3.67. The average molecular weight is 276 g/mol. The number of nitrogens with one attached hydrogen (secondary N) is 1. The standard InChI is InChI=1S/C16H24N2O2/c1-18-10-7-15(8-11-18)17-16(19)9-12-20-13-14-5-3-2-4-6-14/h2-6,15H,7-13H2,1H3,(H,17,19). The molecular weight excluding hydrogens is 252 g/mol. The van der Waals surface area contributed by atoms with E-state index >= 15 is 0 Å². The summed E-state index contributed by atoms with van der Waals surface area (Å²) in [4.78, 5) is 14.1. The number of carbonyl (C=O) groups excluding carboxylic acids is 1. The van der Waals surface area contributed by atoms with Gasteiger partial charge in [-0.15, -0.1) is 0 Å². The summed E-state index contributed by atoms with van der Waals surface area (Å²) in [6.07, 6.45) is 2.54. The van der Waals surface area contributed by atoms with Crippen molar-refractivity contribution in [2.24, 2.45) is 0 Å². The maximum absolute atomic E-state index is 11.8. The van der Waals surface area contributed by atoms with E-state index in [0.29, 0.717) is 25.7 Å². The molecule has 4 nitrogen and oxygen atoms in total. The highest BCUT2D eigenvalue weighted by Crippen LogP contribution is 2.08. The second-order valence-corrected chi connectivity index (χ2v) is 5.43. The molecule has 1 fully saturated rings. The third kappa shape index (κ3) is 5.31. The number of hydrogen-bond acceptors (Lipinski definition) is 3. The molecular formula is C16H24N2O2. The Bertz CT molecular complexity index is 400. The Morgan fingerprint density at radius 3 is 2.70 bits per heavy atom. The Morgan fingerprint density at radius 2 is 2.00 bits per heavy atom. The van der Waals surface area contributed by atoms with Gasteiger partial charge in [0.1, 0.15) is 0 Å². The van der Waals surface area contributed by atoms with Gasteiger partial charge in [-0.05, 0) is 38.5 Å². The summed E-state index contributed by atoms with van der Waals surface area (Å²) in [5.74, 6) is 0.104. The minimum atomic E-state index is 0.104. The third-order valence-corrected chi connectivity index (χ3v) is 3.67. The average Bonchev–Trinajstić information content (AvgIpc) is 2.47. The van der Waals surface area contributed by atoms with Gasteiger partial charge >= 0.3 is 0 Å². The monoisotopic (exact) mass is 276 g/mol. The van der Waals surface area contributed by atoms with E-state index in [-0.39, 0.29) is 5.91 Å². The highest BCUT2D eigenvalue weighted by atomic mass is 16.5. The van der Waals surface area contributed by atoms with E-state index in [0.717, 1.165) is 31.5 Å². The zero-order chi connectivity index (χ0) is 14.2. The number of nitrogens with zero attached hydrogens (tertiary/aromatic N) is 1. The van der Waals surface area contributed by atoms with E-state index in [1.807, 2.05) is 30.3 Å². The number of rotatable bonds is 6. The number of amides is 1. The SMILES string of the molecule is CN1CCC(NC(=O)CCOCc2ccccc2)CC1. The van der Waals surface area contributed by atoms with Crippen molar-refractivity contribution in [2.75, 3.05) is 26.7 Å². The molecule has 1 heterocycles. The van der Waals surface area contributed by atoms with Crippen LogP contribution in [0.4, 0.5) is 0 Å². The van der Waals surface area contributed by atoms with E-state index in [4.69, 9.17) is 4.74 Å². The van der Waals surface area contributed by atoms with Crippen LogP contribution in [0.25, 0.3) is 0 Å². The van der Waals surface area contributed by atoms with Gasteiger partial charge in [0.15, 0.2) is 0 Å². The number of hydrogen-bond donors (Lipinski definition) is 1. The van der Waals surface area contributed by atoms with Crippen molar-refractivity contribution in [3.05, 3.63) is 35.9 Å². The molecule has 1 aliphatic rings. The van der Waals surface area contributed by atoms with Crippen molar-refractivity contribution in [2.45, 2.75) is 31.9 Å². The fourth-order valence-electron chi connectivity index (χ4n) is 2.38. The maximum atomic E-state index is 11.8. The summed E-state index contributed by atoms with van der Waals surface area (Å²) >= 11 is 0. The maximum Gasteiger partial charge on any atom is 0.222 e. The minimum absolute atomic E-state index is 0.104. The number of ether oxygens (including phenoxy) is 1. The molecule has 110 valence electrons. The van der Waals surface area contributed by atoms with Crippen LogP contribution in [0.5, 0.6) is 0 Å². The minimum Gasteiger partial charge on any atom is -0.376 e. The highest BCUT2D eigenvalue weighted by molar-refractivity contribution is 5.76. The second kappa shape index (κ2) is 8.02. The van der Waals surface area contributed by atoms with Gasteiger partial charge in [-0.25, -0.2) is 0 Å². The van der Waals surface area contributed by atoms with Crippen LogP contribution in [0.2, 0.25) is 0 Å². The molecule has 20 heavy (non-hydrogen) atoms. The Kier molecular flexibility index (Phi) is 6.02. The summed E-state index contributed by atoms with van der Waals surface area (Å²) in [7, 11) is 2.12. The predicted molar refractivity (Wildman–Crippen MR) is 79.4 cm³/mol. The van der Waals surface area contributed by atoms with Gasteiger partial charge < -0.3 is 15.0 Å². The number of piperidine rings is 1. The van der Waals surface area contributed by atoms with Crippen molar-refractivity contribution in [3.63, 3.8) is 0 Å². The van der Waals surface area contributed by atoms with Crippen LogP contribution in [-0.4, -0.2) is 43.6 Å². The van der Waals surface area contributed by atoms with Crippen molar-refractivity contribution < 1.29 is 9.53 Å². The lowest BCUT2D eigenvalue weighted by atomic mass is 10.1. The van der Waals surface area contributed by atoms with Crippen molar-refractivity contribution in [1.29, 1.82) is 0 Å². The van der Waals surface area contributed by atoms with Gasteiger partial charge in [-0.2, -0.15) is 0 Å². The van der Waals surface area contributed by atoms with Gasteiger partial charge in [0.2, 0.25) is 5.91 Å². The fourth-order valence-corrected chi connectivity index (χ4v) is 2.38. The van der Waals surface area contributed by atoms with Crippen LogP contribution in [0, 0.1) is 0 Å². The molecule has 4 heteroatoms. The van der Waals surface area contributed by atoms with Crippen LogP contribution < -0.4 is 5.32 Å². The van der Waals surface area contributed by atoms with Crippen molar-refractivity contribution in [1.82, 2.24) is 10.2 Å². The molecule has 0 saturated carbocycles. The smallest absolute Gasteiger partial charge is 0.222 e. The Hall–Kier alpha value is -1.39. The van der Waals surface area contributed by atoms with Gasteiger partial charge in [-0.1, -0.05) is 30.3 Å². The quantitative estimate of drug-likeness (QED) is 0.806. The molecule has 0 radical (unpaired) electrons. The van der Waals surface area contributed by atoms with Gasteiger partial charge in [0.25, 0.3) is 0 Å². The second-order valence-electron chi connectivity index (χ2n) is 5.43. The van der Waals surface area contributed by atoms with Gasteiger partial charge in [0, 0.05) is 12.5 Å². The summed E-state index contributed by atoms with van der Waals surface area (Å²) < 4.78 is 5.53. The Morgan fingerprint density at radius 1 is 1.30 bits per heavy atom. The molecule has 0 aliphatic carbocycles. The number of likely N-dealkylation sites (tertiary alicyclic amines) is 1. The van der Waals surface area contributed by atoms with E-state index in [9.17, 15) is 4.79 Å². The van der Waals surface area contributed by atoms with Crippen LogP contribution >= 0.6 is 0 Å². The van der Waals surface area contributed by atoms with E-state index in [1.165, 1.54) is 0 Å². The predicted octanol–water partition coefficient (Wildman–Crippen LogP) is 1.80. The zero-order valence-electron chi connectivity index (χ0n) is 12.2. The zero-order valence-corrected chi connectivity index (χ0v) is 12.2. The normalized spacial score (nSPS) is 17.1. The van der Waals surface area contributed by atoms with Crippen LogP contribution in [0.15, 0.2) is 30.3 Å².